The molecule has 2 saturated heterocycles. The smallest absolute Gasteiger partial charge is 0.211 e. The van der Waals surface area contributed by atoms with E-state index < -0.39 is 0 Å². The van der Waals surface area contributed by atoms with Crippen molar-refractivity contribution in [1.29, 1.82) is 0 Å². The molecule has 1 aromatic rings. The van der Waals surface area contributed by atoms with Gasteiger partial charge < -0.3 is 15.1 Å². The maximum Gasteiger partial charge on any atom is 0.211 e. The zero-order chi connectivity index (χ0) is 11.5. The van der Waals surface area contributed by atoms with Crippen LogP contribution in [0.2, 0.25) is 0 Å². The highest BCUT2D eigenvalue weighted by Gasteiger charge is 2.23. The minimum atomic E-state index is 0.334. The molecule has 94 valence electrons. The summed E-state index contributed by atoms with van der Waals surface area (Å²) < 4.78 is 5.64. The molecular weight excluding hydrogens is 214 g/mol. The van der Waals surface area contributed by atoms with E-state index in [0.29, 0.717) is 12.1 Å². The van der Waals surface area contributed by atoms with E-state index in [2.05, 4.69) is 15.6 Å². The summed E-state index contributed by atoms with van der Waals surface area (Å²) in [7, 11) is 0. The minimum absolute atomic E-state index is 0.334. The summed E-state index contributed by atoms with van der Waals surface area (Å²) in [5, 5.41) is 6.98. The van der Waals surface area contributed by atoms with Gasteiger partial charge in [-0.3, -0.25) is 0 Å². The van der Waals surface area contributed by atoms with Crippen LogP contribution in [0, 0.1) is 0 Å². The zero-order valence-electron chi connectivity index (χ0n) is 10.2. The molecule has 0 radical (unpaired) electrons. The number of hydrogen-bond acceptors (Lipinski definition) is 4. The third-order valence-electron chi connectivity index (χ3n) is 3.82. The summed E-state index contributed by atoms with van der Waals surface area (Å²) in [4.78, 5) is 4.67. The van der Waals surface area contributed by atoms with Gasteiger partial charge in [0.05, 0.1) is 17.8 Å². The molecule has 2 aliphatic heterocycles. The van der Waals surface area contributed by atoms with Crippen LogP contribution in [-0.2, 0) is 0 Å². The lowest BCUT2D eigenvalue weighted by Crippen LogP contribution is -2.28. The Labute approximate surface area is 102 Å². The van der Waals surface area contributed by atoms with E-state index in [4.69, 9.17) is 4.42 Å². The number of oxazole rings is 1. The average Bonchev–Trinajstić information content (AvgIpc) is 2.90. The first-order valence-corrected chi connectivity index (χ1v) is 6.85. The van der Waals surface area contributed by atoms with Gasteiger partial charge in [0.1, 0.15) is 6.26 Å². The van der Waals surface area contributed by atoms with Crippen molar-refractivity contribution < 1.29 is 4.42 Å². The lowest BCUT2D eigenvalue weighted by molar-refractivity contribution is 0.338. The lowest BCUT2D eigenvalue weighted by Gasteiger charge is -2.22. The highest BCUT2D eigenvalue weighted by Crippen LogP contribution is 2.26. The quantitative estimate of drug-likeness (QED) is 0.826. The van der Waals surface area contributed by atoms with Crippen LogP contribution in [-0.4, -0.2) is 18.1 Å². The summed E-state index contributed by atoms with van der Waals surface area (Å²) in [6.45, 7) is 2.19. The molecule has 2 fully saturated rings. The van der Waals surface area contributed by atoms with E-state index in [0.717, 1.165) is 31.1 Å². The molecule has 17 heavy (non-hydrogen) atoms. The number of nitrogens with one attached hydrogen (secondary N) is 2. The molecule has 2 unspecified atom stereocenters. The Balaban J connectivity index is 1.68. The van der Waals surface area contributed by atoms with Crippen LogP contribution in [0.3, 0.4) is 0 Å². The second-order valence-corrected chi connectivity index (χ2v) is 5.12. The molecule has 0 bridgehead atoms. The van der Waals surface area contributed by atoms with Gasteiger partial charge in [-0.2, -0.15) is 0 Å². The Kier molecular flexibility index (Phi) is 3.43. The zero-order valence-corrected chi connectivity index (χ0v) is 10.2. The molecule has 0 aromatic carbocycles. The van der Waals surface area contributed by atoms with Gasteiger partial charge in [-0.25, -0.2) is 4.98 Å². The van der Waals surface area contributed by atoms with E-state index in [1.807, 2.05) is 6.26 Å². The highest BCUT2D eigenvalue weighted by molar-refractivity contribution is 5.06. The average molecular weight is 235 g/mol. The van der Waals surface area contributed by atoms with Gasteiger partial charge in [-0.1, -0.05) is 12.8 Å². The summed E-state index contributed by atoms with van der Waals surface area (Å²) in [6.07, 6.45) is 9.30. The molecule has 3 heterocycles. The maximum absolute atomic E-state index is 5.64. The van der Waals surface area contributed by atoms with Crippen LogP contribution in [0.25, 0.3) is 0 Å². The van der Waals surface area contributed by atoms with Crippen molar-refractivity contribution in [3.63, 3.8) is 0 Å². The second kappa shape index (κ2) is 5.19. The predicted molar refractivity (Wildman–Crippen MR) is 65.7 cm³/mol. The Bertz CT molecular complexity index is 319. The molecule has 4 heteroatoms. The van der Waals surface area contributed by atoms with Gasteiger partial charge in [-0.05, 0) is 38.8 Å². The number of nitrogens with zero attached hydrogens (tertiary/aromatic N) is 1. The van der Waals surface area contributed by atoms with Gasteiger partial charge in [0.15, 0.2) is 0 Å². The van der Waals surface area contributed by atoms with Crippen molar-refractivity contribution in [2.75, 3.05) is 13.1 Å². The number of piperidine rings is 2. The van der Waals surface area contributed by atoms with Crippen LogP contribution in [0.4, 0.5) is 0 Å². The number of rotatable bonds is 2. The van der Waals surface area contributed by atoms with Gasteiger partial charge in [0.25, 0.3) is 0 Å². The first-order chi connectivity index (χ1) is 8.43. The highest BCUT2D eigenvalue weighted by atomic mass is 16.3. The Morgan fingerprint density at radius 1 is 1.00 bits per heavy atom. The molecule has 2 N–H and O–H groups in total. The van der Waals surface area contributed by atoms with E-state index in [-0.39, 0.29) is 0 Å². The van der Waals surface area contributed by atoms with Crippen LogP contribution in [0.15, 0.2) is 10.7 Å². The summed E-state index contributed by atoms with van der Waals surface area (Å²) in [6, 6.07) is 0.742. The van der Waals surface area contributed by atoms with Crippen molar-refractivity contribution in [3.8, 4) is 0 Å². The van der Waals surface area contributed by atoms with Crippen molar-refractivity contribution in [2.45, 2.75) is 50.6 Å². The van der Waals surface area contributed by atoms with Crippen LogP contribution in [0.1, 0.15) is 62.2 Å². The molecule has 3 rings (SSSR count). The molecule has 0 saturated carbocycles. The molecular formula is C13H21N3O. The molecule has 2 atom stereocenters. The van der Waals surface area contributed by atoms with Crippen LogP contribution in [0.5, 0.6) is 0 Å². The van der Waals surface area contributed by atoms with Gasteiger partial charge >= 0.3 is 0 Å². The molecule has 2 aliphatic rings. The Morgan fingerprint density at radius 2 is 1.71 bits per heavy atom. The fourth-order valence-corrected chi connectivity index (χ4v) is 2.79. The van der Waals surface area contributed by atoms with Crippen LogP contribution < -0.4 is 10.6 Å². The third kappa shape index (κ3) is 2.53. The Morgan fingerprint density at radius 3 is 2.35 bits per heavy atom. The van der Waals surface area contributed by atoms with Gasteiger partial charge in [0, 0.05) is 0 Å². The van der Waals surface area contributed by atoms with Gasteiger partial charge in [0.2, 0.25) is 5.89 Å². The third-order valence-corrected chi connectivity index (χ3v) is 3.82. The lowest BCUT2D eigenvalue weighted by atomic mass is 10.0. The Hall–Kier alpha value is -0.870. The topological polar surface area (TPSA) is 50.1 Å². The molecule has 0 spiro atoms. The molecule has 1 aromatic heterocycles. The summed E-state index contributed by atoms with van der Waals surface area (Å²) in [5.41, 5.74) is 1.09. The van der Waals surface area contributed by atoms with E-state index >= 15 is 0 Å². The fourth-order valence-electron chi connectivity index (χ4n) is 2.79. The van der Waals surface area contributed by atoms with E-state index in [1.54, 1.807) is 0 Å². The van der Waals surface area contributed by atoms with Crippen molar-refractivity contribution in [2.24, 2.45) is 0 Å². The van der Waals surface area contributed by atoms with Crippen molar-refractivity contribution in [3.05, 3.63) is 17.8 Å². The van der Waals surface area contributed by atoms with Gasteiger partial charge in [-0.15, -0.1) is 0 Å². The minimum Gasteiger partial charge on any atom is -0.447 e. The summed E-state index contributed by atoms with van der Waals surface area (Å²) in [5.74, 6) is 0.882. The van der Waals surface area contributed by atoms with E-state index in [1.165, 1.54) is 32.1 Å². The number of aromatic nitrogens is 1. The second-order valence-electron chi connectivity index (χ2n) is 5.12. The predicted octanol–water partition coefficient (Wildman–Crippen LogP) is 2.30. The SMILES string of the molecule is c1oc(C2CCCCN2)nc1C1CCCCN1. The molecule has 0 amide bonds. The maximum atomic E-state index is 5.64. The first kappa shape index (κ1) is 11.2. The van der Waals surface area contributed by atoms with Crippen molar-refractivity contribution >= 4 is 0 Å². The normalized spacial score (nSPS) is 30.4. The molecule has 4 nitrogen and oxygen atoms in total. The monoisotopic (exact) mass is 235 g/mol. The largest absolute Gasteiger partial charge is 0.447 e. The van der Waals surface area contributed by atoms with E-state index in [9.17, 15) is 0 Å². The summed E-state index contributed by atoms with van der Waals surface area (Å²) >= 11 is 0. The standard InChI is InChI=1S/C13H21N3O/c1-3-7-14-10(5-1)12-9-17-13(16-12)11-6-2-4-8-15-11/h9-11,14-15H,1-8H2. The first-order valence-electron chi connectivity index (χ1n) is 6.85. The fraction of sp³-hybridized carbons (Fsp3) is 0.769. The van der Waals surface area contributed by atoms with Crippen molar-refractivity contribution in [1.82, 2.24) is 15.6 Å². The molecule has 0 aliphatic carbocycles. The number of hydrogen-bond donors (Lipinski definition) is 2. The van der Waals surface area contributed by atoms with Crippen LogP contribution >= 0.6 is 0 Å².